The average molecular weight is 243 g/mol. The first-order valence-electron chi connectivity index (χ1n) is 5.01. The van der Waals surface area contributed by atoms with E-state index in [0.717, 1.165) is 18.5 Å². The summed E-state index contributed by atoms with van der Waals surface area (Å²) in [6.45, 7) is 0.781. The number of hydrogen-bond donors (Lipinski definition) is 1. The van der Waals surface area contributed by atoms with Crippen molar-refractivity contribution in [2.24, 2.45) is 0 Å². The highest BCUT2D eigenvalue weighted by molar-refractivity contribution is 7.90. The van der Waals surface area contributed by atoms with Gasteiger partial charge in [-0.15, -0.1) is 0 Å². The summed E-state index contributed by atoms with van der Waals surface area (Å²) < 4.78 is 28.3. The monoisotopic (exact) mass is 243 g/mol. The summed E-state index contributed by atoms with van der Waals surface area (Å²) in [5.41, 5.74) is 0.903. The summed E-state index contributed by atoms with van der Waals surface area (Å²) in [7, 11) is 0.108. The van der Waals surface area contributed by atoms with Gasteiger partial charge in [-0.1, -0.05) is 12.1 Å². The molecule has 0 saturated carbocycles. The maximum atomic E-state index is 11.5. The van der Waals surface area contributed by atoms with E-state index in [1.165, 1.54) is 13.4 Å². The van der Waals surface area contributed by atoms with Crippen LogP contribution in [0.1, 0.15) is 5.56 Å². The highest BCUT2D eigenvalue weighted by Crippen LogP contribution is 2.27. The van der Waals surface area contributed by atoms with E-state index in [0.29, 0.717) is 5.75 Å². The summed E-state index contributed by atoms with van der Waals surface area (Å²) in [6, 6.07) is 5.19. The van der Waals surface area contributed by atoms with E-state index in [9.17, 15) is 8.42 Å². The van der Waals surface area contributed by atoms with Gasteiger partial charge in [0.05, 0.1) is 7.11 Å². The number of rotatable bonds is 5. The number of para-hydroxylation sites is 1. The molecule has 16 heavy (non-hydrogen) atoms. The molecule has 0 heterocycles. The number of likely N-dealkylation sites (N-methyl/N-ethyl adjacent to an activating group) is 1. The summed E-state index contributed by atoms with van der Waals surface area (Å²) in [5.74, 6) is 0.459. The molecular weight excluding hydrogens is 226 g/mol. The first-order valence-corrected chi connectivity index (χ1v) is 6.90. The van der Waals surface area contributed by atoms with Gasteiger partial charge in [0.2, 0.25) is 0 Å². The van der Waals surface area contributed by atoms with Gasteiger partial charge in [-0.2, -0.15) is 0 Å². The fourth-order valence-corrected chi connectivity index (χ4v) is 2.42. The maximum Gasteiger partial charge on any atom is 0.179 e. The third-order valence-corrected chi connectivity index (χ3v) is 3.43. The Morgan fingerprint density at radius 1 is 1.38 bits per heavy atom. The van der Waals surface area contributed by atoms with Gasteiger partial charge in [-0.05, 0) is 31.6 Å². The number of hydrogen-bond acceptors (Lipinski definition) is 4. The lowest BCUT2D eigenvalue weighted by atomic mass is 10.1. The van der Waals surface area contributed by atoms with Crippen molar-refractivity contribution >= 4 is 9.84 Å². The van der Waals surface area contributed by atoms with Crippen LogP contribution in [0.2, 0.25) is 0 Å². The van der Waals surface area contributed by atoms with Crippen LogP contribution in [0.4, 0.5) is 0 Å². The zero-order chi connectivity index (χ0) is 12.2. The quantitative estimate of drug-likeness (QED) is 0.833. The minimum absolute atomic E-state index is 0.253. The Morgan fingerprint density at radius 3 is 2.56 bits per heavy atom. The van der Waals surface area contributed by atoms with Crippen LogP contribution in [0.15, 0.2) is 23.1 Å². The second kappa shape index (κ2) is 5.32. The van der Waals surface area contributed by atoms with Crippen molar-refractivity contribution in [3.63, 3.8) is 0 Å². The highest BCUT2D eigenvalue weighted by atomic mass is 32.2. The fourth-order valence-electron chi connectivity index (χ4n) is 1.54. The van der Waals surface area contributed by atoms with Gasteiger partial charge >= 0.3 is 0 Å². The van der Waals surface area contributed by atoms with Gasteiger partial charge in [-0.25, -0.2) is 8.42 Å². The first-order chi connectivity index (χ1) is 7.50. The Labute approximate surface area is 96.5 Å². The van der Waals surface area contributed by atoms with Crippen molar-refractivity contribution in [1.82, 2.24) is 5.32 Å². The molecule has 90 valence electrons. The second-order valence-electron chi connectivity index (χ2n) is 3.57. The molecule has 0 aliphatic heterocycles. The van der Waals surface area contributed by atoms with Crippen molar-refractivity contribution in [2.75, 3.05) is 27.0 Å². The van der Waals surface area contributed by atoms with Crippen molar-refractivity contribution in [2.45, 2.75) is 11.3 Å². The van der Waals surface area contributed by atoms with Gasteiger partial charge in [-0.3, -0.25) is 0 Å². The van der Waals surface area contributed by atoms with E-state index in [-0.39, 0.29) is 4.90 Å². The standard InChI is InChI=1S/C11H17NO3S/c1-12-8-7-9-5-4-6-10(11(9)15-2)16(3,13)14/h4-6,12H,7-8H2,1-3H3. The molecule has 0 radical (unpaired) electrons. The Morgan fingerprint density at radius 2 is 2.06 bits per heavy atom. The summed E-state index contributed by atoms with van der Waals surface area (Å²) >= 11 is 0. The summed E-state index contributed by atoms with van der Waals surface area (Å²) in [5, 5.41) is 3.02. The molecule has 5 heteroatoms. The number of nitrogens with one attached hydrogen (secondary N) is 1. The lowest BCUT2D eigenvalue weighted by Crippen LogP contribution is -2.12. The van der Waals surface area contributed by atoms with E-state index in [4.69, 9.17) is 4.74 Å². The smallest absolute Gasteiger partial charge is 0.179 e. The van der Waals surface area contributed by atoms with Crippen LogP contribution in [0.5, 0.6) is 5.75 Å². The van der Waals surface area contributed by atoms with Crippen molar-refractivity contribution in [3.05, 3.63) is 23.8 Å². The van der Waals surface area contributed by atoms with Crippen molar-refractivity contribution in [3.8, 4) is 5.75 Å². The number of benzene rings is 1. The molecule has 0 saturated heterocycles. The molecule has 1 N–H and O–H groups in total. The number of sulfone groups is 1. The molecule has 0 atom stereocenters. The molecule has 1 aromatic carbocycles. The molecule has 0 aliphatic rings. The van der Waals surface area contributed by atoms with Crippen molar-refractivity contribution in [1.29, 1.82) is 0 Å². The number of ether oxygens (including phenoxy) is 1. The Kier molecular flexibility index (Phi) is 4.32. The molecule has 0 bridgehead atoms. The zero-order valence-electron chi connectivity index (χ0n) is 9.78. The minimum atomic E-state index is -3.24. The van der Waals surface area contributed by atoms with Gasteiger partial charge in [0, 0.05) is 6.26 Å². The molecule has 1 rings (SSSR count). The average Bonchev–Trinajstić information content (AvgIpc) is 2.24. The van der Waals surface area contributed by atoms with Gasteiger partial charge < -0.3 is 10.1 Å². The number of methoxy groups -OCH3 is 1. The van der Waals surface area contributed by atoms with E-state index in [1.54, 1.807) is 12.1 Å². The van der Waals surface area contributed by atoms with Crippen molar-refractivity contribution < 1.29 is 13.2 Å². The molecule has 0 amide bonds. The lowest BCUT2D eigenvalue weighted by molar-refractivity contribution is 0.397. The first kappa shape index (κ1) is 13.0. The van der Waals surface area contributed by atoms with Crippen LogP contribution in [-0.4, -0.2) is 35.4 Å². The summed E-state index contributed by atoms with van der Waals surface area (Å²) in [6.07, 6.45) is 1.93. The van der Waals surface area contributed by atoms with Gasteiger partial charge in [0.15, 0.2) is 9.84 Å². The summed E-state index contributed by atoms with van der Waals surface area (Å²) in [4.78, 5) is 0.253. The van der Waals surface area contributed by atoms with E-state index in [1.807, 2.05) is 13.1 Å². The maximum absolute atomic E-state index is 11.5. The molecule has 0 spiro atoms. The van der Waals surface area contributed by atoms with Crippen LogP contribution >= 0.6 is 0 Å². The van der Waals surface area contributed by atoms with Crippen LogP contribution in [0, 0.1) is 0 Å². The topological polar surface area (TPSA) is 55.4 Å². The van der Waals surface area contributed by atoms with Crippen LogP contribution in [0.3, 0.4) is 0 Å². The molecule has 4 nitrogen and oxygen atoms in total. The molecule has 0 aromatic heterocycles. The van der Waals surface area contributed by atoms with Gasteiger partial charge in [0.25, 0.3) is 0 Å². The Balaban J connectivity index is 3.21. The fraction of sp³-hybridized carbons (Fsp3) is 0.455. The molecule has 0 unspecified atom stereocenters. The predicted octanol–water partition coefficient (Wildman–Crippen LogP) is 0.861. The zero-order valence-corrected chi connectivity index (χ0v) is 10.6. The van der Waals surface area contributed by atoms with Crippen LogP contribution < -0.4 is 10.1 Å². The molecular formula is C11H17NO3S. The molecule has 0 aliphatic carbocycles. The van der Waals surface area contributed by atoms with E-state index in [2.05, 4.69) is 5.32 Å². The third kappa shape index (κ3) is 2.96. The van der Waals surface area contributed by atoms with E-state index < -0.39 is 9.84 Å². The predicted molar refractivity (Wildman–Crippen MR) is 63.7 cm³/mol. The lowest BCUT2D eigenvalue weighted by Gasteiger charge is -2.12. The van der Waals surface area contributed by atoms with Gasteiger partial charge in [0.1, 0.15) is 10.6 Å². The van der Waals surface area contributed by atoms with Crippen LogP contribution in [0.25, 0.3) is 0 Å². The third-order valence-electron chi connectivity index (χ3n) is 2.31. The highest BCUT2D eigenvalue weighted by Gasteiger charge is 2.16. The Hall–Kier alpha value is -1.07. The largest absolute Gasteiger partial charge is 0.495 e. The Bertz CT molecular complexity index is 454. The van der Waals surface area contributed by atoms with Crippen LogP contribution in [-0.2, 0) is 16.3 Å². The SMILES string of the molecule is CNCCc1cccc(S(C)(=O)=O)c1OC. The van der Waals surface area contributed by atoms with E-state index >= 15 is 0 Å². The minimum Gasteiger partial charge on any atom is -0.495 e. The second-order valence-corrected chi connectivity index (χ2v) is 5.56. The normalized spacial score (nSPS) is 11.4. The molecule has 0 fully saturated rings. The molecule has 1 aromatic rings.